The van der Waals surface area contributed by atoms with E-state index in [1.54, 1.807) is 6.07 Å². The van der Waals surface area contributed by atoms with Gasteiger partial charge in [-0.25, -0.2) is 8.78 Å². The van der Waals surface area contributed by atoms with Crippen LogP contribution in [0.15, 0.2) is 34.9 Å². The predicted molar refractivity (Wildman–Crippen MR) is 72.0 cm³/mol. The number of aliphatic hydroxyl groups excluding tert-OH is 1. The first-order valence-corrected chi connectivity index (χ1v) is 6.58. The Hall–Kier alpha value is -1.04. The van der Waals surface area contributed by atoms with Gasteiger partial charge in [0, 0.05) is 18.2 Å². The van der Waals surface area contributed by atoms with Crippen molar-refractivity contribution in [1.29, 1.82) is 0 Å². The van der Waals surface area contributed by atoms with Crippen LogP contribution in [0, 0.1) is 11.6 Å². The van der Waals surface area contributed by atoms with Gasteiger partial charge >= 0.3 is 0 Å². The van der Waals surface area contributed by atoms with E-state index in [-0.39, 0.29) is 16.5 Å². The van der Waals surface area contributed by atoms with Gasteiger partial charge in [0.15, 0.2) is 0 Å². The van der Waals surface area contributed by atoms with E-state index in [9.17, 15) is 13.9 Å². The van der Waals surface area contributed by atoms with E-state index in [1.165, 1.54) is 18.3 Å². The maximum absolute atomic E-state index is 13.8. The van der Waals surface area contributed by atoms with E-state index in [0.717, 1.165) is 6.07 Å². The van der Waals surface area contributed by atoms with Crippen LogP contribution >= 0.6 is 27.5 Å². The fourth-order valence-corrected chi connectivity index (χ4v) is 2.12. The van der Waals surface area contributed by atoms with Crippen LogP contribution < -0.4 is 0 Å². The summed E-state index contributed by atoms with van der Waals surface area (Å²) >= 11 is 8.66. The highest BCUT2D eigenvalue weighted by Gasteiger charge is 2.18. The third-order valence-electron chi connectivity index (χ3n) is 2.63. The summed E-state index contributed by atoms with van der Waals surface area (Å²) in [5.41, 5.74) is 0.127. The van der Waals surface area contributed by atoms with Crippen molar-refractivity contribution in [3.05, 3.63) is 62.8 Å². The van der Waals surface area contributed by atoms with Crippen molar-refractivity contribution in [3.63, 3.8) is 0 Å². The molecule has 2 aromatic rings. The summed E-state index contributed by atoms with van der Waals surface area (Å²) in [5.74, 6) is -1.42. The zero-order valence-corrected chi connectivity index (χ0v) is 11.9. The molecule has 0 radical (unpaired) electrons. The minimum Gasteiger partial charge on any atom is -0.386 e. The van der Waals surface area contributed by atoms with Gasteiger partial charge in [0.1, 0.15) is 17.7 Å². The number of aliphatic hydroxyl groups is 1. The molecule has 0 spiro atoms. The van der Waals surface area contributed by atoms with Crippen LogP contribution in [0.2, 0.25) is 5.02 Å². The molecule has 0 saturated heterocycles. The van der Waals surface area contributed by atoms with Gasteiger partial charge in [-0.2, -0.15) is 0 Å². The molecule has 1 atom stereocenters. The Morgan fingerprint density at radius 1 is 1.26 bits per heavy atom. The van der Waals surface area contributed by atoms with Crippen molar-refractivity contribution in [2.24, 2.45) is 0 Å². The van der Waals surface area contributed by atoms with E-state index in [0.29, 0.717) is 10.7 Å². The monoisotopic (exact) mass is 347 g/mol. The van der Waals surface area contributed by atoms with E-state index >= 15 is 0 Å². The van der Waals surface area contributed by atoms with Crippen LogP contribution in [0.5, 0.6) is 0 Å². The van der Waals surface area contributed by atoms with Crippen molar-refractivity contribution in [3.8, 4) is 0 Å². The lowest BCUT2D eigenvalue weighted by molar-refractivity contribution is 0.171. The van der Waals surface area contributed by atoms with Crippen LogP contribution in [-0.4, -0.2) is 10.1 Å². The van der Waals surface area contributed by atoms with Crippen molar-refractivity contribution in [1.82, 2.24) is 4.98 Å². The molecule has 2 rings (SSSR count). The second-order valence-corrected chi connectivity index (χ2v) is 5.23. The maximum Gasteiger partial charge on any atom is 0.143 e. The van der Waals surface area contributed by atoms with Crippen LogP contribution in [0.4, 0.5) is 8.78 Å². The lowest BCUT2D eigenvalue weighted by atomic mass is 10.0. The van der Waals surface area contributed by atoms with Gasteiger partial charge < -0.3 is 5.11 Å². The molecule has 1 N–H and O–H groups in total. The summed E-state index contributed by atoms with van der Waals surface area (Å²) in [6, 6.07) is 5.49. The second-order valence-electron chi connectivity index (χ2n) is 3.94. The van der Waals surface area contributed by atoms with Gasteiger partial charge in [-0.3, -0.25) is 4.98 Å². The van der Waals surface area contributed by atoms with Crippen molar-refractivity contribution >= 4 is 27.5 Å². The molecule has 0 saturated carbocycles. The first kappa shape index (κ1) is 14.4. The third-order valence-corrected chi connectivity index (χ3v) is 3.46. The lowest BCUT2D eigenvalue weighted by Crippen LogP contribution is -2.07. The molecule has 2 nitrogen and oxygen atoms in total. The van der Waals surface area contributed by atoms with Gasteiger partial charge in [-0.05, 0) is 40.2 Å². The first-order valence-electron chi connectivity index (χ1n) is 5.41. The Balaban J connectivity index is 2.26. The zero-order valence-electron chi connectivity index (χ0n) is 9.58. The Labute approximate surface area is 122 Å². The summed E-state index contributed by atoms with van der Waals surface area (Å²) in [6.07, 6.45) is 0.0648. The van der Waals surface area contributed by atoms with E-state index in [1.807, 2.05) is 0 Å². The zero-order chi connectivity index (χ0) is 14.0. The van der Waals surface area contributed by atoms with Gasteiger partial charge in [-0.15, -0.1) is 0 Å². The van der Waals surface area contributed by atoms with Gasteiger partial charge in [0.2, 0.25) is 0 Å². The summed E-state index contributed by atoms with van der Waals surface area (Å²) in [5, 5.41) is 10.4. The molecule has 0 aliphatic heterocycles. The SMILES string of the molecule is OC(Cc1c(F)ccc(Br)c1F)c1ccc(Cl)cn1. The fraction of sp³-hybridized carbons (Fsp3) is 0.154. The van der Waals surface area contributed by atoms with Crippen LogP contribution in [0.3, 0.4) is 0 Å². The molecule has 0 aliphatic carbocycles. The Morgan fingerprint density at radius 3 is 2.63 bits per heavy atom. The lowest BCUT2D eigenvalue weighted by Gasteiger charge is -2.12. The molecule has 0 aliphatic rings. The number of benzene rings is 1. The highest BCUT2D eigenvalue weighted by atomic mass is 79.9. The van der Waals surface area contributed by atoms with Crippen molar-refractivity contribution in [2.75, 3.05) is 0 Å². The third kappa shape index (κ3) is 3.29. The molecule has 1 heterocycles. The molecular formula is C13H9BrClF2NO. The molecule has 1 aromatic heterocycles. The molecule has 19 heavy (non-hydrogen) atoms. The standard InChI is InChI=1S/C13H9BrClF2NO/c14-9-2-3-10(16)8(13(9)17)5-12(19)11-4-1-7(15)6-18-11/h1-4,6,12,19H,5H2. The Kier molecular flexibility index (Phi) is 4.50. The molecule has 0 fully saturated rings. The second kappa shape index (κ2) is 5.94. The largest absolute Gasteiger partial charge is 0.386 e. The molecule has 1 unspecified atom stereocenters. The number of hydrogen-bond acceptors (Lipinski definition) is 2. The fourth-order valence-electron chi connectivity index (χ4n) is 1.64. The highest BCUT2D eigenvalue weighted by Crippen LogP contribution is 2.26. The topological polar surface area (TPSA) is 33.1 Å². The number of nitrogens with zero attached hydrogens (tertiary/aromatic N) is 1. The van der Waals surface area contributed by atoms with Crippen molar-refractivity contribution < 1.29 is 13.9 Å². The van der Waals surface area contributed by atoms with E-state index in [4.69, 9.17) is 11.6 Å². The average molecular weight is 349 g/mol. The summed E-state index contributed by atoms with van der Waals surface area (Å²) in [4.78, 5) is 3.92. The highest BCUT2D eigenvalue weighted by molar-refractivity contribution is 9.10. The van der Waals surface area contributed by atoms with E-state index < -0.39 is 17.7 Å². The summed E-state index contributed by atoms with van der Waals surface area (Å²) < 4.78 is 27.5. The molecule has 6 heteroatoms. The van der Waals surface area contributed by atoms with Gasteiger partial charge in [0.05, 0.1) is 15.2 Å². The van der Waals surface area contributed by atoms with Crippen LogP contribution in [0.25, 0.3) is 0 Å². The normalized spacial score (nSPS) is 12.5. The van der Waals surface area contributed by atoms with Gasteiger partial charge in [-0.1, -0.05) is 11.6 Å². The number of halogens is 4. The molecule has 1 aromatic carbocycles. The minimum atomic E-state index is -1.10. The molecule has 100 valence electrons. The quantitative estimate of drug-likeness (QED) is 0.849. The summed E-state index contributed by atoms with van der Waals surface area (Å²) in [7, 11) is 0. The number of hydrogen-bond donors (Lipinski definition) is 1. The molecular weight excluding hydrogens is 340 g/mol. The number of pyridine rings is 1. The Bertz CT molecular complexity index is 592. The minimum absolute atomic E-state index is 0.153. The summed E-state index contributed by atoms with van der Waals surface area (Å²) in [6.45, 7) is 0. The number of aromatic nitrogens is 1. The van der Waals surface area contributed by atoms with Crippen LogP contribution in [0.1, 0.15) is 17.4 Å². The predicted octanol–water partition coefficient (Wildman–Crippen LogP) is 4.05. The molecule has 0 amide bonds. The maximum atomic E-state index is 13.8. The van der Waals surface area contributed by atoms with Crippen LogP contribution in [-0.2, 0) is 6.42 Å². The average Bonchev–Trinajstić information content (AvgIpc) is 2.40. The number of rotatable bonds is 3. The van der Waals surface area contributed by atoms with E-state index in [2.05, 4.69) is 20.9 Å². The first-order chi connectivity index (χ1) is 8.99. The van der Waals surface area contributed by atoms with Gasteiger partial charge in [0.25, 0.3) is 0 Å². The van der Waals surface area contributed by atoms with Crippen molar-refractivity contribution in [2.45, 2.75) is 12.5 Å². The Morgan fingerprint density at radius 2 is 2.00 bits per heavy atom. The molecule has 0 bridgehead atoms. The smallest absolute Gasteiger partial charge is 0.143 e.